The minimum Gasteiger partial charge on any atom is -0.447 e. The monoisotopic (exact) mass is 428 g/mol. The van der Waals surface area contributed by atoms with E-state index in [1.54, 1.807) is 4.90 Å². The van der Waals surface area contributed by atoms with E-state index >= 15 is 0 Å². The molecule has 2 aliphatic carbocycles. The van der Waals surface area contributed by atoms with Crippen LogP contribution < -0.4 is 10.2 Å². The fourth-order valence-electron chi connectivity index (χ4n) is 5.27. The van der Waals surface area contributed by atoms with Gasteiger partial charge in [-0.05, 0) is 43.4 Å². The van der Waals surface area contributed by atoms with Crippen molar-refractivity contribution in [1.29, 1.82) is 0 Å². The number of rotatable bonds is 2. The first-order chi connectivity index (χ1) is 14.8. The Labute approximate surface area is 177 Å². The van der Waals surface area contributed by atoms with E-state index in [0.717, 1.165) is 29.5 Å². The van der Waals surface area contributed by atoms with Gasteiger partial charge >= 0.3 is 6.09 Å². The average molecular weight is 428 g/mol. The molecule has 3 heterocycles. The minimum atomic E-state index is -2.99. The van der Waals surface area contributed by atoms with Crippen LogP contribution in [0.5, 0.6) is 0 Å². The van der Waals surface area contributed by atoms with E-state index in [1.165, 1.54) is 0 Å². The predicted octanol–water partition coefficient (Wildman–Crippen LogP) is 2.63. The summed E-state index contributed by atoms with van der Waals surface area (Å²) in [5.41, 5.74) is 3.17. The highest BCUT2D eigenvalue weighted by atomic mass is 19.3. The number of alkyl halides is 2. The molecule has 4 aliphatic rings. The molecule has 2 N–H and O–H groups in total. The Morgan fingerprint density at radius 1 is 1.26 bits per heavy atom. The van der Waals surface area contributed by atoms with Crippen LogP contribution in [0.4, 0.5) is 19.5 Å². The van der Waals surface area contributed by atoms with Crippen LogP contribution in [0.1, 0.15) is 42.1 Å². The summed E-state index contributed by atoms with van der Waals surface area (Å²) in [7, 11) is 0. The van der Waals surface area contributed by atoms with E-state index < -0.39 is 23.7 Å². The van der Waals surface area contributed by atoms with Gasteiger partial charge in [-0.2, -0.15) is 8.78 Å². The Bertz CT molecular complexity index is 1120. The molecule has 1 spiro atoms. The summed E-state index contributed by atoms with van der Waals surface area (Å²) in [6.45, 7) is 2.46. The van der Waals surface area contributed by atoms with Crippen molar-refractivity contribution in [2.75, 3.05) is 18.1 Å². The maximum absolute atomic E-state index is 14.6. The smallest absolute Gasteiger partial charge is 0.408 e. The van der Waals surface area contributed by atoms with Gasteiger partial charge in [-0.3, -0.25) is 0 Å². The predicted molar refractivity (Wildman–Crippen MR) is 107 cm³/mol. The number of aliphatic hydroxyl groups is 1. The Hall–Kier alpha value is -2.81. The van der Waals surface area contributed by atoms with Crippen molar-refractivity contribution in [2.45, 2.75) is 56.2 Å². The molecule has 31 heavy (non-hydrogen) atoms. The molecule has 2 aromatic rings. The summed E-state index contributed by atoms with van der Waals surface area (Å²) in [4.78, 5) is 22.3. The number of aryl methyl sites for hydroxylation is 1. The molecule has 2 fully saturated rings. The number of aromatic nitrogens is 2. The van der Waals surface area contributed by atoms with Gasteiger partial charge in [0.2, 0.25) is 5.95 Å². The molecule has 6 rings (SSSR count). The van der Waals surface area contributed by atoms with Gasteiger partial charge in [-0.1, -0.05) is 12.1 Å². The van der Waals surface area contributed by atoms with Crippen molar-refractivity contribution in [2.24, 2.45) is 0 Å². The Balaban J connectivity index is 1.45. The molecule has 0 saturated carbocycles. The highest BCUT2D eigenvalue weighted by Crippen LogP contribution is 2.46. The van der Waals surface area contributed by atoms with Crippen molar-refractivity contribution in [3.8, 4) is 11.3 Å². The van der Waals surface area contributed by atoms with Gasteiger partial charge in [0.15, 0.2) is 0 Å². The number of nitrogens with zero attached hydrogens (tertiary/aromatic N) is 3. The van der Waals surface area contributed by atoms with Crippen LogP contribution >= 0.6 is 0 Å². The van der Waals surface area contributed by atoms with Crippen LogP contribution in [0.2, 0.25) is 0 Å². The average Bonchev–Trinajstić information content (AvgIpc) is 3.41. The Morgan fingerprint density at radius 2 is 2.10 bits per heavy atom. The van der Waals surface area contributed by atoms with Gasteiger partial charge in [-0.15, -0.1) is 0 Å². The van der Waals surface area contributed by atoms with Crippen molar-refractivity contribution in [1.82, 2.24) is 15.3 Å². The normalized spacial score (nSPS) is 30.1. The summed E-state index contributed by atoms with van der Waals surface area (Å²) >= 11 is 0. The van der Waals surface area contributed by atoms with Gasteiger partial charge in [0.25, 0.3) is 5.92 Å². The summed E-state index contributed by atoms with van der Waals surface area (Å²) in [6, 6.07) is 5.61. The standard InChI is InChI=1S/C22H22F2N4O3/c1-11-16(29)9-28(11)19-25-17(14-5-7-22(23,24)18(14)26-19)13-2-3-15-12(8-13)4-6-21(15)10-31-20(30)27-21/h2-3,8,11,16,29H,4-7,9-10H2,1H3,(H,27,30)/t11-,16+,21-/m0/s1. The molecular weight excluding hydrogens is 406 g/mol. The number of anilines is 1. The molecule has 0 unspecified atom stereocenters. The van der Waals surface area contributed by atoms with Crippen molar-refractivity contribution >= 4 is 12.0 Å². The Kier molecular flexibility index (Phi) is 3.74. The number of carbonyl (C=O) groups excluding carboxylic acids is 1. The number of nitrogens with one attached hydrogen (secondary N) is 1. The number of alkyl carbamates (subject to hydrolysis) is 1. The lowest BCUT2D eigenvalue weighted by Gasteiger charge is -2.43. The maximum Gasteiger partial charge on any atom is 0.408 e. The minimum absolute atomic E-state index is 0.200. The van der Waals surface area contributed by atoms with Crippen molar-refractivity contribution in [3.63, 3.8) is 0 Å². The second-order valence-electron chi connectivity index (χ2n) is 9.02. The number of amides is 1. The van der Waals surface area contributed by atoms with E-state index in [1.807, 2.05) is 25.1 Å². The third kappa shape index (κ3) is 2.62. The number of hydrogen-bond donors (Lipinski definition) is 2. The van der Waals surface area contributed by atoms with Crippen LogP contribution in [-0.4, -0.2) is 46.5 Å². The topological polar surface area (TPSA) is 87.6 Å². The number of hydrogen-bond acceptors (Lipinski definition) is 6. The van der Waals surface area contributed by atoms with Crippen LogP contribution in [0, 0.1) is 0 Å². The highest BCUT2D eigenvalue weighted by molar-refractivity contribution is 5.73. The second-order valence-corrected chi connectivity index (χ2v) is 9.02. The lowest BCUT2D eigenvalue weighted by molar-refractivity contribution is -0.00603. The van der Waals surface area contributed by atoms with E-state index in [0.29, 0.717) is 24.4 Å². The highest BCUT2D eigenvalue weighted by Gasteiger charge is 2.47. The number of halogens is 2. The fourth-order valence-corrected chi connectivity index (χ4v) is 5.27. The molecule has 2 saturated heterocycles. The first-order valence-electron chi connectivity index (χ1n) is 10.6. The third-order valence-electron chi connectivity index (χ3n) is 7.23. The molecule has 1 aromatic heterocycles. The molecule has 7 nitrogen and oxygen atoms in total. The van der Waals surface area contributed by atoms with Gasteiger partial charge in [0.1, 0.15) is 17.8 Å². The molecule has 0 bridgehead atoms. The van der Waals surface area contributed by atoms with Gasteiger partial charge in [-0.25, -0.2) is 14.8 Å². The number of benzene rings is 1. The van der Waals surface area contributed by atoms with Crippen LogP contribution in [0.25, 0.3) is 11.3 Å². The number of fused-ring (bicyclic) bond motifs is 3. The number of carbonyl (C=O) groups is 1. The lowest BCUT2D eigenvalue weighted by Crippen LogP contribution is -2.59. The number of aliphatic hydroxyl groups excluding tert-OH is 1. The quantitative estimate of drug-likeness (QED) is 0.765. The van der Waals surface area contributed by atoms with Gasteiger partial charge < -0.3 is 20.1 Å². The molecule has 3 atom stereocenters. The first kappa shape index (κ1) is 18.9. The zero-order valence-corrected chi connectivity index (χ0v) is 17.0. The molecule has 162 valence electrons. The van der Waals surface area contributed by atoms with Crippen LogP contribution in [0.3, 0.4) is 0 Å². The number of ether oxygens (including phenoxy) is 1. The second kappa shape index (κ2) is 6.12. The first-order valence-corrected chi connectivity index (χ1v) is 10.6. The van der Waals surface area contributed by atoms with Crippen LogP contribution in [-0.2, 0) is 29.0 Å². The molecule has 2 aliphatic heterocycles. The summed E-state index contributed by atoms with van der Waals surface area (Å²) in [5, 5.41) is 12.8. The van der Waals surface area contributed by atoms with E-state index in [4.69, 9.17) is 4.74 Å². The zero-order valence-electron chi connectivity index (χ0n) is 17.0. The summed E-state index contributed by atoms with van der Waals surface area (Å²) in [6.07, 6.45) is 0.526. The molecular formula is C22H22F2N4O3. The van der Waals surface area contributed by atoms with E-state index in [-0.39, 0.29) is 30.5 Å². The van der Waals surface area contributed by atoms with E-state index in [9.17, 15) is 18.7 Å². The van der Waals surface area contributed by atoms with Gasteiger partial charge in [0, 0.05) is 24.1 Å². The van der Waals surface area contributed by atoms with E-state index in [2.05, 4.69) is 15.3 Å². The SMILES string of the molecule is C[C@H]1[C@H](O)CN1c1nc(-c2ccc3c(c2)CC[C@]32COC(=O)N2)c2c(n1)C(F)(F)CC2. The number of cyclic esters (lactones) is 1. The number of β-amino-alcohol motifs (C(OH)–C–C–N with tert-alkyl or cyclic N) is 1. The van der Waals surface area contributed by atoms with Gasteiger partial charge in [0.05, 0.1) is 17.8 Å². The zero-order chi connectivity index (χ0) is 21.5. The summed E-state index contributed by atoms with van der Waals surface area (Å²) < 4.78 is 34.4. The molecule has 9 heteroatoms. The Morgan fingerprint density at radius 3 is 2.81 bits per heavy atom. The molecule has 1 aromatic carbocycles. The molecule has 1 amide bonds. The fraction of sp³-hybridized carbons (Fsp3) is 0.500. The van der Waals surface area contributed by atoms with Crippen molar-refractivity contribution < 1.29 is 23.4 Å². The summed E-state index contributed by atoms with van der Waals surface area (Å²) in [5.74, 6) is -2.75. The van der Waals surface area contributed by atoms with Crippen molar-refractivity contribution in [3.05, 3.63) is 40.6 Å². The molecule has 0 radical (unpaired) electrons. The van der Waals surface area contributed by atoms with Crippen LogP contribution in [0.15, 0.2) is 18.2 Å². The third-order valence-corrected chi connectivity index (χ3v) is 7.23. The maximum atomic E-state index is 14.6. The largest absolute Gasteiger partial charge is 0.447 e. The lowest BCUT2D eigenvalue weighted by atomic mass is 9.92.